The largest absolute Gasteiger partial charge is 0.493 e. The van der Waals surface area contributed by atoms with Gasteiger partial charge in [0.15, 0.2) is 11.5 Å². The van der Waals surface area contributed by atoms with E-state index in [9.17, 15) is 4.79 Å². The first-order valence-electron chi connectivity index (χ1n) is 9.80. The van der Waals surface area contributed by atoms with E-state index in [1.165, 1.54) is 16.9 Å². The molecule has 8 heteroatoms. The third-order valence-corrected chi connectivity index (χ3v) is 5.51. The van der Waals surface area contributed by atoms with Gasteiger partial charge in [-0.2, -0.15) is 5.10 Å². The molecule has 0 aliphatic rings. The average Bonchev–Trinajstić information content (AvgIpc) is 3.14. The number of carbonyl (C=O) groups excluding carboxylic acids is 1. The number of hydrazone groups is 1. The number of ether oxygens (including phenoxy) is 3. The highest BCUT2D eigenvalue weighted by Crippen LogP contribution is 2.29. The van der Waals surface area contributed by atoms with Gasteiger partial charge in [0, 0.05) is 0 Å². The maximum Gasteiger partial charge on any atom is 0.350 e. The van der Waals surface area contributed by atoms with Crippen LogP contribution in [0.1, 0.15) is 39.0 Å². The van der Waals surface area contributed by atoms with E-state index in [2.05, 4.69) is 28.5 Å². The standard InChI is InChI=1S/C23H25N3O4S/c1-5-29-22(27)21-16(3)25-23(31-21)26-24-13-17-10-11-19(20(12-17)28-4)30-14-18-9-7-6-8-15(18)2/h6-13H,5,14H2,1-4H3,(H,25,26). The minimum Gasteiger partial charge on any atom is -0.493 e. The Morgan fingerprint density at radius 3 is 2.74 bits per heavy atom. The zero-order chi connectivity index (χ0) is 22.2. The molecule has 0 amide bonds. The number of esters is 1. The summed E-state index contributed by atoms with van der Waals surface area (Å²) in [7, 11) is 1.60. The van der Waals surface area contributed by atoms with E-state index in [1.54, 1.807) is 27.2 Å². The molecule has 0 bridgehead atoms. The number of rotatable bonds is 9. The van der Waals surface area contributed by atoms with Gasteiger partial charge in [-0.25, -0.2) is 9.78 Å². The minimum atomic E-state index is -0.374. The second-order valence-electron chi connectivity index (χ2n) is 6.65. The fourth-order valence-electron chi connectivity index (χ4n) is 2.80. The number of benzene rings is 2. The van der Waals surface area contributed by atoms with Crippen molar-refractivity contribution >= 4 is 28.7 Å². The van der Waals surface area contributed by atoms with E-state index in [0.29, 0.717) is 40.4 Å². The molecule has 0 aliphatic heterocycles. The first-order chi connectivity index (χ1) is 15.0. The summed E-state index contributed by atoms with van der Waals surface area (Å²) >= 11 is 1.20. The van der Waals surface area contributed by atoms with Gasteiger partial charge in [0.1, 0.15) is 11.5 Å². The molecule has 0 aliphatic carbocycles. The molecule has 3 rings (SSSR count). The van der Waals surface area contributed by atoms with Gasteiger partial charge >= 0.3 is 5.97 Å². The lowest BCUT2D eigenvalue weighted by Crippen LogP contribution is -2.03. The van der Waals surface area contributed by atoms with Crippen molar-refractivity contribution in [2.45, 2.75) is 27.4 Å². The van der Waals surface area contributed by atoms with E-state index >= 15 is 0 Å². The molecule has 0 atom stereocenters. The van der Waals surface area contributed by atoms with Gasteiger partial charge in [-0.3, -0.25) is 5.43 Å². The number of anilines is 1. The Morgan fingerprint density at radius 1 is 1.19 bits per heavy atom. The Hall–Kier alpha value is -3.39. The van der Waals surface area contributed by atoms with Crippen molar-refractivity contribution in [1.29, 1.82) is 0 Å². The van der Waals surface area contributed by atoms with Crippen LogP contribution in [0.3, 0.4) is 0 Å². The second kappa shape index (κ2) is 10.6. The number of methoxy groups -OCH3 is 1. The Morgan fingerprint density at radius 2 is 2.00 bits per heavy atom. The van der Waals surface area contributed by atoms with Crippen molar-refractivity contribution < 1.29 is 19.0 Å². The third-order valence-electron chi connectivity index (χ3n) is 4.46. The average molecular weight is 440 g/mol. The summed E-state index contributed by atoms with van der Waals surface area (Å²) in [6.07, 6.45) is 1.65. The quantitative estimate of drug-likeness (QED) is 0.288. The summed E-state index contributed by atoms with van der Waals surface area (Å²) in [5.41, 5.74) is 6.59. The molecule has 7 nitrogen and oxygen atoms in total. The van der Waals surface area contributed by atoms with E-state index in [1.807, 2.05) is 36.4 Å². The Bertz CT molecular complexity index is 1080. The van der Waals surface area contributed by atoms with Crippen molar-refractivity contribution in [3.8, 4) is 11.5 Å². The van der Waals surface area contributed by atoms with E-state index in [-0.39, 0.29) is 5.97 Å². The lowest BCUT2D eigenvalue weighted by molar-refractivity contribution is 0.0531. The molecular formula is C23H25N3O4S. The monoisotopic (exact) mass is 439 g/mol. The summed E-state index contributed by atoms with van der Waals surface area (Å²) in [5.74, 6) is 0.901. The summed E-state index contributed by atoms with van der Waals surface area (Å²) in [6, 6.07) is 13.7. The number of hydrogen-bond acceptors (Lipinski definition) is 8. The van der Waals surface area contributed by atoms with Gasteiger partial charge in [0.25, 0.3) is 0 Å². The van der Waals surface area contributed by atoms with Gasteiger partial charge in [-0.15, -0.1) is 0 Å². The molecule has 0 unspecified atom stereocenters. The SMILES string of the molecule is CCOC(=O)c1sc(NN=Cc2ccc(OCc3ccccc3C)c(OC)c2)nc1C. The highest BCUT2D eigenvalue weighted by atomic mass is 32.1. The van der Waals surface area contributed by atoms with Crippen LogP contribution in [0.5, 0.6) is 11.5 Å². The van der Waals surface area contributed by atoms with E-state index in [4.69, 9.17) is 14.2 Å². The summed E-state index contributed by atoms with van der Waals surface area (Å²) in [6.45, 7) is 6.37. The maximum atomic E-state index is 11.9. The topological polar surface area (TPSA) is 82.0 Å². The van der Waals surface area contributed by atoms with Gasteiger partial charge in [0.05, 0.1) is 25.6 Å². The third kappa shape index (κ3) is 5.82. The van der Waals surface area contributed by atoms with E-state index < -0.39 is 0 Å². The van der Waals surface area contributed by atoms with Crippen LogP contribution >= 0.6 is 11.3 Å². The predicted molar refractivity (Wildman–Crippen MR) is 123 cm³/mol. The molecule has 31 heavy (non-hydrogen) atoms. The number of aryl methyl sites for hydroxylation is 2. The first-order valence-corrected chi connectivity index (χ1v) is 10.6. The zero-order valence-electron chi connectivity index (χ0n) is 18.0. The number of nitrogens with one attached hydrogen (secondary N) is 1. The predicted octanol–water partition coefficient (Wildman–Crippen LogP) is 4.97. The number of carbonyl (C=O) groups is 1. The maximum absolute atomic E-state index is 11.9. The fourth-order valence-corrected chi connectivity index (χ4v) is 3.61. The molecule has 3 aromatic rings. The lowest BCUT2D eigenvalue weighted by atomic mass is 10.1. The lowest BCUT2D eigenvalue weighted by Gasteiger charge is -2.12. The zero-order valence-corrected chi connectivity index (χ0v) is 18.8. The van der Waals surface area contributed by atoms with Crippen LogP contribution in [0.2, 0.25) is 0 Å². The van der Waals surface area contributed by atoms with E-state index in [0.717, 1.165) is 11.1 Å². The van der Waals surface area contributed by atoms with Crippen LogP contribution in [0.15, 0.2) is 47.6 Å². The summed E-state index contributed by atoms with van der Waals surface area (Å²) < 4.78 is 16.4. The van der Waals surface area contributed by atoms with Crippen LogP contribution in [-0.4, -0.2) is 30.9 Å². The molecule has 0 fully saturated rings. The molecule has 162 valence electrons. The molecule has 2 aromatic carbocycles. The molecule has 1 N–H and O–H groups in total. The minimum absolute atomic E-state index is 0.323. The van der Waals surface area contributed by atoms with Gasteiger partial charge in [-0.1, -0.05) is 35.6 Å². The van der Waals surface area contributed by atoms with Crippen LogP contribution in [-0.2, 0) is 11.3 Å². The van der Waals surface area contributed by atoms with Gasteiger partial charge in [-0.05, 0) is 55.7 Å². The van der Waals surface area contributed by atoms with Crippen molar-refractivity contribution in [2.75, 3.05) is 19.1 Å². The van der Waals surface area contributed by atoms with Gasteiger partial charge < -0.3 is 14.2 Å². The Kier molecular flexibility index (Phi) is 7.61. The normalized spacial score (nSPS) is 10.8. The number of hydrogen-bond donors (Lipinski definition) is 1. The van der Waals surface area contributed by atoms with Crippen molar-refractivity contribution in [1.82, 2.24) is 4.98 Å². The van der Waals surface area contributed by atoms with Gasteiger partial charge in [0.2, 0.25) is 5.13 Å². The van der Waals surface area contributed by atoms with Crippen LogP contribution in [0.4, 0.5) is 5.13 Å². The Balaban J connectivity index is 1.64. The molecule has 0 saturated carbocycles. The highest BCUT2D eigenvalue weighted by Gasteiger charge is 2.16. The van der Waals surface area contributed by atoms with Crippen molar-refractivity contribution in [3.05, 3.63) is 69.7 Å². The fraction of sp³-hybridized carbons (Fsp3) is 0.261. The van der Waals surface area contributed by atoms with Crippen LogP contribution < -0.4 is 14.9 Å². The van der Waals surface area contributed by atoms with Crippen LogP contribution in [0.25, 0.3) is 0 Å². The van der Waals surface area contributed by atoms with Crippen molar-refractivity contribution in [2.24, 2.45) is 5.10 Å². The molecule has 1 aromatic heterocycles. The molecular weight excluding hydrogens is 414 g/mol. The number of aromatic nitrogens is 1. The molecule has 1 heterocycles. The summed E-state index contributed by atoms with van der Waals surface area (Å²) in [4.78, 5) is 16.7. The number of thiazole rings is 1. The highest BCUT2D eigenvalue weighted by molar-refractivity contribution is 7.17. The van der Waals surface area contributed by atoms with Crippen molar-refractivity contribution in [3.63, 3.8) is 0 Å². The second-order valence-corrected chi connectivity index (χ2v) is 7.65. The number of nitrogens with zero attached hydrogens (tertiary/aromatic N) is 2. The smallest absolute Gasteiger partial charge is 0.350 e. The Labute approximate surface area is 185 Å². The molecule has 0 saturated heterocycles. The summed E-state index contributed by atoms with van der Waals surface area (Å²) in [5, 5.41) is 4.72. The van der Waals surface area contributed by atoms with Crippen LogP contribution in [0, 0.1) is 13.8 Å². The molecule has 0 radical (unpaired) electrons. The molecule has 0 spiro atoms. The first kappa shape index (κ1) is 22.3.